The van der Waals surface area contributed by atoms with E-state index in [1.54, 1.807) is 23.2 Å². The van der Waals surface area contributed by atoms with Gasteiger partial charge in [0.25, 0.3) is 5.91 Å². The summed E-state index contributed by atoms with van der Waals surface area (Å²) >= 11 is 1.57. The van der Waals surface area contributed by atoms with Crippen LogP contribution in [0.2, 0.25) is 0 Å². The van der Waals surface area contributed by atoms with Gasteiger partial charge in [0.1, 0.15) is 11.3 Å². The molecule has 2 aromatic rings. The van der Waals surface area contributed by atoms with E-state index < -0.39 is 0 Å². The molecule has 146 valence electrons. The van der Waals surface area contributed by atoms with Crippen molar-refractivity contribution in [2.24, 2.45) is 0 Å². The normalized spacial score (nSPS) is 15.0. The summed E-state index contributed by atoms with van der Waals surface area (Å²) < 4.78 is 10.1. The van der Waals surface area contributed by atoms with Gasteiger partial charge in [0.2, 0.25) is 5.88 Å². The molecule has 3 heterocycles. The molecule has 2 amide bonds. The van der Waals surface area contributed by atoms with Crippen LogP contribution in [-0.4, -0.2) is 47.8 Å². The molecule has 0 atom stereocenters. The van der Waals surface area contributed by atoms with E-state index in [4.69, 9.17) is 15.0 Å². The Balaban J connectivity index is 1.66. The number of ether oxygens (including phenoxy) is 1. The predicted octanol–water partition coefficient (Wildman–Crippen LogP) is 2.90. The lowest BCUT2D eigenvalue weighted by Crippen LogP contribution is -2.46. The summed E-state index contributed by atoms with van der Waals surface area (Å²) in [7, 11) is 0. The number of likely N-dealkylation sites (tertiary alicyclic amines) is 1. The molecule has 0 radical (unpaired) electrons. The van der Waals surface area contributed by atoms with Crippen molar-refractivity contribution in [3.8, 4) is 10.6 Å². The standard InChI is InChI=1S/C18H24N4O4S/c1-3-12-5-6-13(27-12)15-14(16(19)26-21-15)17(23)20-11-7-9-22(10-8-11)18(24)25-4-2/h5-6,11H,3-4,7-10,19H2,1-2H3,(H,20,23). The molecule has 3 N–H and O–H groups in total. The Morgan fingerprint density at radius 2 is 2.11 bits per heavy atom. The molecule has 0 bridgehead atoms. The van der Waals surface area contributed by atoms with E-state index in [1.165, 1.54) is 4.88 Å². The molecule has 1 aliphatic rings. The van der Waals surface area contributed by atoms with Crippen LogP contribution in [0.3, 0.4) is 0 Å². The number of rotatable bonds is 5. The predicted molar refractivity (Wildman–Crippen MR) is 103 cm³/mol. The van der Waals surface area contributed by atoms with Gasteiger partial charge in [-0.2, -0.15) is 0 Å². The number of hydrogen-bond donors (Lipinski definition) is 2. The van der Waals surface area contributed by atoms with E-state index in [1.807, 2.05) is 12.1 Å². The Kier molecular flexibility index (Phi) is 6.00. The zero-order valence-corrected chi connectivity index (χ0v) is 16.3. The fourth-order valence-electron chi connectivity index (χ4n) is 3.06. The quantitative estimate of drug-likeness (QED) is 0.809. The monoisotopic (exact) mass is 392 g/mol. The summed E-state index contributed by atoms with van der Waals surface area (Å²) in [6.07, 6.45) is 1.92. The fraction of sp³-hybridized carbons (Fsp3) is 0.500. The molecule has 1 fully saturated rings. The molecule has 0 saturated carbocycles. The minimum Gasteiger partial charge on any atom is -0.450 e. The Morgan fingerprint density at radius 1 is 1.37 bits per heavy atom. The van der Waals surface area contributed by atoms with Crippen LogP contribution < -0.4 is 11.1 Å². The van der Waals surface area contributed by atoms with Gasteiger partial charge >= 0.3 is 6.09 Å². The zero-order valence-electron chi connectivity index (χ0n) is 15.5. The number of amides is 2. The molecule has 1 aliphatic heterocycles. The number of carbonyl (C=O) groups is 2. The molecule has 8 nitrogen and oxygen atoms in total. The number of nitrogens with one attached hydrogen (secondary N) is 1. The number of thiophene rings is 1. The third-order valence-electron chi connectivity index (χ3n) is 4.55. The molecule has 2 aromatic heterocycles. The number of aromatic nitrogens is 1. The molecular weight excluding hydrogens is 368 g/mol. The smallest absolute Gasteiger partial charge is 0.409 e. The van der Waals surface area contributed by atoms with Gasteiger partial charge in [-0.1, -0.05) is 12.1 Å². The number of aryl methyl sites for hydroxylation is 1. The fourth-order valence-corrected chi connectivity index (χ4v) is 4.00. The van der Waals surface area contributed by atoms with Crippen LogP contribution in [-0.2, 0) is 11.2 Å². The van der Waals surface area contributed by atoms with Crippen LogP contribution in [0.15, 0.2) is 16.7 Å². The molecule has 0 unspecified atom stereocenters. The third-order valence-corrected chi connectivity index (χ3v) is 5.78. The first-order chi connectivity index (χ1) is 13.0. The topological polar surface area (TPSA) is 111 Å². The minimum absolute atomic E-state index is 0.0120. The maximum absolute atomic E-state index is 12.8. The van der Waals surface area contributed by atoms with Crippen molar-refractivity contribution in [3.05, 3.63) is 22.6 Å². The Bertz CT molecular complexity index is 808. The highest BCUT2D eigenvalue weighted by Gasteiger charge is 2.28. The first kappa shape index (κ1) is 19.2. The van der Waals surface area contributed by atoms with Gasteiger partial charge in [0, 0.05) is 24.0 Å². The van der Waals surface area contributed by atoms with Gasteiger partial charge in [0.05, 0.1) is 11.5 Å². The van der Waals surface area contributed by atoms with E-state index >= 15 is 0 Å². The van der Waals surface area contributed by atoms with E-state index in [2.05, 4.69) is 17.4 Å². The van der Waals surface area contributed by atoms with Crippen LogP contribution in [0.5, 0.6) is 0 Å². The van der Waals surface area contributed by atoms with Crippen molar-refractivity contribution in [1.29, 1.82) is 0 Å². The second kappa shape index (κ2) is 8.43. The number of piperidine rings is 1. The Hall–Kier alpha value is -2.55. The number of nitrogen functional groups attached to an aromatic ring is 1. The van der Waals surface area contributed by atoms with Gasteiger partial charge in [-0.25, -0.2) is 4.79 Å². The maximum Gasteiger partial charge on any atom is 0.409 e. The Morgan fingerprint density at radius 3 is 2.74 bits per heavy atom. The number of carbonyl (C=O) groups excluding carboxylic acids is 2. The number of nitrogens with two attached hydrogens (primary N) is 1. The van der Waals surface area contributed by atoms with Crippen molar-refractivity contribution in [2.75, 3.05) is 25.4 Å². The van der Waals surface area contributed by atoms with E-state index in [0.29, 0.717) is 38.2 Å². The summed E-state index contributed by atoms with van der Waals surface area (Å²) in [5.41, 5.74) is 6.61. The van der Waals surface area contributed by atoms with Crippen molar-refractivity contribution < 1.29 is 18.8 Å². The summed E-state index contributed by atoms with van der Waals surface area (Å²) in [5, 5.41) is 6.98. The average Bonchev–Trinajstić information content (AvgIpc) is 3.28. The van der Waals surface area contributed by atoms with Crippen molar-refractivity contribution >= 4 is 29.2 Å². The highest BCUT2D eigenvalue weighted by Crippen LogP contribution is 2.33. The largest absolute Gasteiger partial charge is 0.450 e. The van der Waals surface area contributed by atoms with Crippen LogP contribution in [0.4, 0.5) is 10.7 Å². The van der Waals surface area contributed by atoms with Gasteiger partial charge in [-0.05, 0) is 38.3 Å². The lowest BCUT2D eigenvalue weighted by atomic mass is 10.0. The number of hydrogen-bond acceptors (Lipinski definition) is 7. The summed E-state index contributed by atoms with van der Waals surface area (Å²) in [4.78, 5) is 28.3. The molecule has 27 heavy (non-hydrogen) atoms. The lowest BCUT2D eigenvalue weighted by molar-refractivity contribution is 0.0861. The molecule has 9 heteroatoms. The maximum atomic E-state index is 12.8. The third kappa shape index (κ3) is 4.24. The molecule has 1 saturated heterocycles. The average molecular weight is 392 g/mol. The van der Waals surface area contributed by atoms with Gasteiger partial charge in [-0.15, -0.1) is 11.3 Å². The van der Waals surface area contributed by atoms with Crippen LogP contribution >= 0.6 is 11.3 Å². The second-order valence-electron chi connectivity index (χ2n) is 6.32. The van der Waals surface area contributed by atoms with Crippen molar-refractivity contribution in [3.63, 3.8) is 0 Å². The molecule has 3 rings (SSSR count). The van der Waals surface area contributed by atoms with Crippen LogP contribution in [0.1, 0.15) is 41.9 Å². The minimum atomic E-state index is -0.308. The van der Waals surface area contributed by atoms with Gasteiger partial charge in [0.15, 0.2) is 0 Å². The second-order valence-corrected chi connectivity index (χ2v) is 7.49. The van der Waals surface area contributed by atoms with Crippen molar-refractivity contribution in [2.45, 2.75) is 39.2 Å². The zero-order chi connectivity index (χ0) is 19.4. The molecular formula is C18H24N4O4S. The first-order valence-corrected chi connectivity index (χ1v) is 9.91. The summed E-state index contributed by atoms with van der Waals surface area (Å²) in [5.74, 6) is -0.289. The molecule has 0 aromatic carbocycles. The van der Waals surface area contributed by atoms with Crippen LogP contribution in [0.25, 0.3) is 10.6 Å². The SMILES string of the molecule is CCOC(=O)N1CCC(NC(=O)c2c(-c3ccc(CC)s3)noc2N)CC1. The number of anilines is 1. The van der Waals surface area contributed by atoms with Gasteiger partial charge in [-0.3, -0.25) is 4.79 Å². The lowest BCUT2D eigenvalue weighted by Gasteiger charge is -2.31. The molecule has 0 spiro atoms. The van der Waals surface area contributed by atoms with E-state index in [-0.39, 0.29) is 29.5 Å². The van der Waals surface area contributed by atoms with Crippen LogP contribution in [0, 0.1) is 0 Å². The highest BCUT2D eigenvalue weighted by atomic mass is 32.1. The van der Waals surface area contributed by atoms with Gasteiger partial charge < -0.3 is 25.2 Å². The summed E-state index contributed by atoms with van der Waals surface area (Å²) in [6, 6.07) is 3.90. The molecule has 0 aliphatic carbocycles. The first-order valence-electron chi connectivity index (χ1n) is 9.10. The highest BCUT2D eigenvalue weighted by molar-refractivity contribution is 7.15. The number of nitrogens with zero attached hydrogens (tertiary/aromatic N) is 2. The summed E-state index contributed by atoms with van der Waals surface area (Å²) in [6.45, 7) is 5.29. The Labute approximate surface area is 161 Å². The van der Waals surface area contributed by atoms with Crippen molar-refractivity contribution in [1.82, 2.24) is 15.4 Å². The van der Waals surface area contributed by atoms with E-state index in [0.717, 1.165) is 11.3 Å². The van der Waals surface area contributed by atoms with E-state index in [9.17, 15) is 9.59 Å².